The zero-order valence-electron chi connectivity index (χ0n) is 19.4. The first-order valence-corrected chi connectivity index (χ1v) is 12.5. The average Bonchev–Trinajstić information content (AvgIpc) is 3.39. The molecule has 1 amide bonds. The third-order valence-corrected chi connectivity index (χ3v) is 7.58. The van der Waals surface area contributed by atoms with E-state index >= 15 is 0 Å². The molecule has 9 nitrogen and oxygen atoms in total. The summed E-state index contributed by atoms with van der Waals surface area (Å²) in [5.74, 6) is -2.07. The molecule has 0 saturated carbocycles. The molecule has 0 spiro atoms. The highest BCUT2D eigenvalue weighted by atomic mass is 35.5. The highest BCUT2D eigenvalue weighted by molar-refractivity contribution is 7.17. The van der Waals surface area contributed by atoms with E-state index in [1.807, 2.05) is 0 Å². The van der Waals surface area contributed by atoms with Gasteiger partial charge in [-0.25, -0.2) is 9.78 Å². The van der Waals surface area contributed by atoms with Gasteiger partial charge in [-0.05, 0) is 42.8 Å². The lowest BCUT2D eigenvalue weighted by Crippen LogP contribution is -2.29. The van der Waals surface area contributed by atoms with Crippen LogP contribution in [0.3, 0.4) is 0 Å². The monoisotopic (exact) mass is 560 g/mol. The lowest BCUT2D eigenvalue weighted by molar-refractivity contribution is -0.132. The fraction of sp³-hybridized carbons (Fsp3) is 0.200. The Bertz CT molecular complexity index is 1500. The molecule has 12 heteroatoms. The molecular formula is C25H18Cl2N2O7S. The van der Waals surface area contributed by atoms with Crippen molar-refractivity contribution in [2.45, 2.75) is 13.0 Å². The van der Waals surface area contributed by atoms with Gasteiger partial charge in [0.25, 0.3) is 5.78 Å². The van der Waals surface area contributed by atoms with Gasteiger partial charge >= 0.3 is 11.9 Å². The van der Waals surface area contributed by atoms with Crippen LogP contribution in [0.2, 0.25) is 10.0 Å². The molecule has 190 valence electrons. The minimum absolute atomic E-state index is 0.0669. The number of benzene rings is 2. The van der Waals surface area contributed by atoms with Crippen LogP contribution in [0.25, 0.3) is 5.76 Å². The van der Waals surface area contributed by atoms with Crippen LogP contribution in [0.4, 0.5) is 5.13 Å². The molecule has 37 heavy (non-hydrogen) atoms. The summed E-state index contributed by atoms with van der Waals surface area (Å²) in [5, 5.41) is 11.9. The van der Waals surface area contributed by atoms with Crippen LogP contribution in [0, 0.1) is 6.92 Å². The van der Waals surface area contributed by atoms with Gasteiger partial charge in [0.2, 0.25) is 0 Å². The smallest absolute Gasteiger partial charge is 0.350 e. The third kappa shape index (κ3) is 4.30. The summed E-state index contributed by atoms with van der Waals surface area (Å²) in [6.45, 7) is 2.30. The van der Waals surface area contributed by atoms with E-state index in [0.29, 0.717) is 41.0 Å². The number of carbonyl (C=O) groups excluding carboxylic acids is 3. The van der Waals surface area contributed by atoms with Gasteiger partial charge in [-0.3, -0.25) is 14.5 Å². The van der Waals surface area contributed by atoms with E-state index in [0.717, 1.165) is 16.2 Å². The number of Topliss-reactive ketones (excluding diaryl/α,β-unsaturated/α-hetero) is 1. The van der Waals surface area contributed by atoms with Crippen molar-refractivity contribution in [1.29, 1.82) is 0 Å². The summed E-state index contributed by atoms with van der Waals surface area (Å²) in [6.07, 6.45) is 0. The standard InChI is InChI=1S/C25H18Cl2N2O7S/c1-11-22(24(33)34-2)37-25(28-11)29-19(14-5-4-13(26)10-15(14)27)18(21(31)23(29)32)20(30)12-3-6-16-17(9-12)36-8-7-35-16/h3-6,9-10,19,30H,7-8H2,1-2H3/b20-18+. The van der Waals surface area contributed by atoms with E-state index in [9.17, 15) is 19.5 Å². The molecule has 3 heterocycles. The molecule has 1 aromatic heterocycles. The first-order valence-electron chi connectivity index (χ1n) is 10.9. The minimum atomic E-state index is -1.16. The van der Waals surface area contributed by atoms with E-state index in [4.69, 9.17) is 37.4 Å². The van der Waals surface area contributed by atoms with Crippen LogP contribution in [0.1, 0.15) is 32.5 Å². The molecule has 1 unspecified atom stereocenters. The normalized spacial score (nSPS) is 18.3. The highest BCUT2D eigenvalue weighted by Gasteiger charge is 2.49. The number of anilines is 1. The Morgan fingerprint density at radius 1 is 1.14 bits per heavy atom. The van der Waals surface area contributed by atoms with Crippen molar-refractivity contribution < 1.29 is 33.7 Å². The molecule has 2 aromatic carbocycles. The summed E-state index contributed by atoms with van der Waals surface area (Å²) in [7, 11) is 1.23. The number of aromatic nitrogens is 1. The van der Waals surface area contributed by atoms with E-state index < -0.39 is 29.5 Å². The quantitative estimate of drug-likeness (QED) is 0.206. The Balaban J connectivity index is 1.71. The Morgan fingerprint density at radius 2 is 1.86 bits per heavy atom. The number of thiazole rings is 1. The Kier molecular flexibility index (Phi) is 6.57. The number of ether oxygens (including phenoxy) is 3. The number of ketones is 1. The lowest BCUT2D eigenvalue weighted by atomic mass is 9.95. The minimum Gasteiger partial charge on any atom is -0.507 e. The van der Waals surface area contributed by atoms with Crippen LogP contribution in [-0.4, -0.2) is 48.1 Å². The predicted octanol–water partition coefficient (Wildman–Crippen LogP) is 4.94. The topological polar surface area (TPSA) is 115 Å². The predicted molar refractivity (Wildman–Crippen MR) is 137 cm³/mol. The average molecular weight is 561 g/mol. The number of esters is 1. The lowest BCUT2D eigenvalue weighted by Gasteiger charge is -2.24. The van der Waals surface area contributed by atoms with Crippen molar-refractivity contribution in [1.82, 2.24) is 4.98 Å². The van der Waals surface area contributed by atoms with Gasteiger partial charge in [0, 0.05) is 15.6 Å². The van der Waals surface area contributed by atoms with Crippen molar-refractivity contribution in [3.8, 4) is 11.5 Å². The molecule has 0 radical (unpaired) electrons. The SMILES string of the molecule is COC(=O)c1sc(N2C(=O)C(=O)/C(=C(/O)c3ccc4c(c3)OCCO4)C2c2ccc(Cl)cc2Cl)nc1C. The van der Waals surface area contributed by atoms with E-state index in [1.165, 1.54) is 19.2 Å². The number of hydrogen-bond donors (Lipinski definition) is 1. The summed E-state index contributed by atoms with van der Waals surface area (Å²) in [4.78, 5) is 44.6. The van der Waals surface area contributed by atoms with Crippen molar-refractivity contribution in [2.75, 3.05) is 25.2 Å². The van der Waals surface area contributed by atoms with Crippen LogP contribution < -0.4 is 14.4 Å². The number of aryl methyl sites for hydroxylation is 1. The van der Waals surface area contributed by atoms with Crippen molar-refractivity contribution in [3.63, 3.8) is 0 Å². The van der Waals surface area contributed by atoms with Crippen LogP contribution in [-0.2, 0) is 14.3 Å². The van der Waals surface area contributed by atoms with Gasteiger partial charge in [-0.15, -0.1) is 0 Å². The van der Waals surface area contributed by atoms with Crippen LogP contribution in [0.15, 0.2) is 42.0 Å². The van der Waals surface area contributed by atoms with Gasteiger partial charge in [0.15, 0.2) is 16.6 Å². The summed E-state index contributed by atoms with van der Waals surface area (Å²) >= 11 is 13.5. The number of halogens is 2. The van der Waals surface area contributed by atoms with E-state index in [2.05, 4.69) is 4.98 Å². The number of methoxy groups -OCH3 is 1. The number of rotatable bonds is 4. The molecule has 5 rings (SSSR count). The number of carbonyl (C=O) groups is 3. The van der Waals surface area contributed by atoms with Gasteiger partial charge < -0.3 is 19.3 Å². The number of aliphatic hydroxyl groups excluding tert-OH is 1. The Morgan fingerprint density at radius 3 is 2.57 bits per heavy atom. The molecule has 1 saturated heterocycles. The fourth-order valence-electron chi connectivity index (χ4n) is 4.16. The highest BCUT2D eigenvalue weighted by Crippen LogP contribution is 2.46. The van der Waals surface area contributed by atoms with Gasteiger partial charge in [-0.1, -0.05) is 40.6 Å². The molecule has 1 atom stereocenters. The maximum Gasteiger partial charge on any atom is 0.350 e. The zero-order valence-corrected chi connectivity index (χ0v) is 21.7. The number of amides is 1. The van der Waals surface area contributed by atoms with E-state index in [1.54, 1.807) is 31.2 Å². The fourth-order valence-corrected chi connectivity index (χ4v) is 5.68. The second-order valence-electron chi connectivity index (χ2n) is 8.10. The molecule has 1 fully saturated rings. The van der Waals surface area contributed by atoms with Gasteiger partial charge in [0.1, 0.15) is 23.9 Å². The molecule has 0 aliphatic carbocycles. The second kappa shape index (κ2) is 9.70. The first kappa shape index (κ1) is 25.1. The second-order valence-corrected chi connectivity index (χ2v) is 9.92. The Hall–Kier alpha value is -3.60. The van der Waals surface area contributed by atoms with Crippen molar-refractivity contribution in [3.05, 3.63) is 73.7 Å². The van der Waals surface area contributed by atoms with E-state index in [-0.39, 0.29) is 26.2 Å². The summed E-state index contributed by atoms with van der Waals surface area (Å²) < 4.78 is 15.9. The van der Waals surface area contributed by atoms with Gasteiger partial charge in [-0.2, -0.15) is 0 Å². The zero-order chi connectivity index (χ0) is 26.4. The number of aliphatic hydroxyl groups is 1. The summed E-state index contributed by atoms with van der Waals surface area (Å²) in [5.41, 5.74) is 0.680. The molecule has 2 aliphatic rings. The Labute approximate surface area is 224 Å². The number of fused-ring (bicyclic) bond motifs is 1. The molecule has 2 aliphatic heterocycles. The number of hydrogen-bond acceptors (Lipinski definition) is 9. The first-order chi connectivity index (χ1) is 17.7. The van der Waals surface area contributed by atoms with Crippen LogP contribution in [0.5, 0.6) is 11.5 Å². The van der Waals surface area contributed by atoms with Crippen molar-refractivity contribution >= 4 is 63.1 Å². The summed E-state index contributed by atoms with van der Waals surface area (Å²) in [6, 6.07) is 8.12. The molecule has 0 bridgehead atoms. The largest absolute Gasteiger partial charge is 0.507 e. The maximum atomic E-state index is 13.4. The molecular weight excluding hydrogens is 543 g/mol. The number of nitrogens with zero attached hydrogens (tertiary/aromatic N) is 2. The van der Waals surface area contributed by atoms with Gasteiger partial charge in [0.05, 0.1) is 24.4 Å². The molecule has 1 N–H and O–H groups in total. The molecule has 3 aromatic rings. The van der Waals surface area contributed by atoms with Crippen LogP contribution >= 0.6 is 34.5 Å². The maximum absolute atomic E-state index is 13.4. The third-order valence-electron chi connectivity index (χ3n) is 5.88. The van der Waals surface area contributed by atoms with Crippen molar-refractivity contribution in [2.24, 2.45) is 0 Å².